The van der Waals surface area contributed by atoms with Gasteiger partial charge in [0.2, 0.25) is 0 Å². The highest BCUT2D eigenvalue weighted by atomic mass is 14.4. The molecule has 0 heterocycles. The Morgan fingerprint density at radius 3 is 1.29 bits per heavy atom. The lowest BCUT2D eigenvalue weighted by molar-refractivity contribution is 0.658. The second-order valence-corrected chi connectivity index (χ2v) is 10.3. The summed E-state index contributed by atoms with van der Waals surface area (Å²) in [6.45, 7) is 9.43. The first kappa shape index (κ1) is 18.6. The third kappa shape index (κ3) is 2.54. The van der Waals surface area contributed by atoms with Crippen LogP contribution in [-0.2, 0) is 17.3 Å². The molecule has 0 nitrogen and oxygen atoms in total. The van der Waals surface area contributed by atoms with Crippen LogP contribution in [0.25, 0.3) is 22.3 Å². The third-order valence-electron chi connectivity index (χ3n) is 7.70. The molecule has 0 radical (unpaired) electrons. The van der Waals surface area contributed by atoms with Crippen LogP contribution in [0.3, 0.4) is 0 Å². The maximum absolute atomic E-state index is 2.45. The van der Waals surface area contributed by atoms with E-state index in [0.29, 0.717) is 0 Å². The Hall–Kier alpha value is -3.12. The Morgan fingerprint density at radius 1 is 0.452 bits per heavy atom. The first-order valence-corrected chi connectivity index (χ1v) is 11.3. The zero-order valence-corrected chi connectivity index (χ0v) is 18.8. The molecule has 0 N–H and O–H groups in total. The van der Waals surface area contributed by atoms with Gasteiger partial charge in [-0.1, -0.05) is 113 Å². The zero-order valence-electron chi connectivity index (χ0n) is 18.8. The highest BCUT2D eigenvalue weighted by Crippen LogP contribution is 2.50. The molecule has 2 aliphatic rings. The van der Waals surface area contributed by atoms with E-state index in [2.05, 4.69) is 113 Å². The number of rotatable bonds is 2. The first-order valence-electron chi connectivity index (χ1n) is 11.3. The highest BCUT2D eigenvalue weighted by Gasteiger charge is 2.36. The molecule has 31 heavy (non-hydrogen) atoms. The normalized spacial score (nSPS) is 16.4. The fourth-order valence-electron chi connectivity index (χ4n) is 5.96. The van der Waals surface area contributed by atoms with Crippen LogP contribution in [0.1, 0.15) is 61.1 Å². The van der Waals surface area contributed by atoms with Crippen LogP contribution in [0.4, 0.5) is 0 Å². The molecular weight excluding hydrogens is 372 g/mol. The van der Waals surface area contributed by atoms with Gasteiger partial charge in [0, 0.05) is 10.8 Å². The molecule has 0 aliphatic heterocycles. The molecule has 4 aromatic rings. The molecule has 4 aromatic carbocycles. The average molecular weight is 401 g/mol. The molecule has 0 spiro atoms. The van der Waals surface area contributed by atoms with Crippen LogP contribution in [0.5, 0.6) is 0 Å². The van der Waals surface area contributed by atoms with Crippen molar-refractivity contribution in [3.8, 4) is 22.3 Å². The molecule has 0 saturated heterocycles. The highest BCUT2D eigenvalue weighted by molar-refractivity contribution is 5.82. The van der Waals surface area contributed by atoms with E-state index >= 15 is 0 Å². The summed E-state index contributed by atoms with van der Waals surface area (Å²) in [6, 6.07) is 32.0. The third-order valence-corrected chi connectivity index (χ3v) is 7.70. The summed E-state index contributed by atoms with van der Waals surface area (Å²) >= 11 is 0. The Kier molecular flexibility index (Phi) is 3.73. The van der Waals surface area contributed by atoms with E-state index in [9.17, 15) is 0 Å². The van der Waals surface area contributed by atoms with Crippen LogP contribution < -0.4 is 0 Å². The molecule has 0 atom stereocenters. The van der Waals surface area contributed by atoms with Gasteiger partial charge in [0.05, 0.1) is 0 Å². The van der Waals surface area contributed by atoms with Crippen molar-refractivity contribution in [2.45, 2.75) is 44.9 Å². The number of fused-ring (bicyclic) bond motifs is 6. The smallest absolute Gasteiger partial charge is 0.0158 e. The lowest BCUT2D eigenvalue weighted by atomic mass is 9.81. The minimum absolute atomic E-state index is 0.0590. The van der Waals surface area contributed by atoms with Crippen molar-refractivity contribution < 1.29 is 0 Å². The summed E-state index contributed by atoms with van der Waals surface area (Å²) in [5.41, 5.74) is 14.3. The number of hydrogen-bond acceptors (Lipinski definition) is 0. The Balaban J connectivity index is 1.39. The van der Waals surface area contributed by atoms with E-state index in [1.165, 1.54) is 55.6 Å². The van der Waals surface area contributed by atoms with Crippen molar-refractivity contribution in [1.29, 1.82) is 0 Å². The Morgan fingerprint density at radius 2 is 0.839 bits per heavy atom. The Bertz CT molecular complexity index is 1250. The number of hydrogen-bond donors (Lipinski definition) is 0. The zero-order chi connectivity index (χ0) is 21.4. The maximum atomic E-state index is 2.45. The second-order valence-electron chi connectivity index (χ2n) is 10.3. The second kappa shape index (κ2) is 6.20. The molecule has 6 rings (SSSR count). The fourth-order valence-corrected chi connectivity index (χ4v) is 5.96. The molecule has 0 aromatic heterocycles. The van der Waals surface area contributed by atoms with Crippen LogP contribution in [0.2, 0.25) is 0 Å². The lowest BCUT2D eigenvalue weighted by Crippen LogP contribution is -2.15. The molecule has 0 fully saturated rings. The molecule has 0 heteroatoms. The largest absolute Gasteiger partial charge is 0.0619 e. The van der Waals surface area contributed by atoms with E-state index in [4.69, 9.17) is 0 Å². The van der Waals surface area contributed by atoms with Crippen molar-refractivity contribution in [2.24, 2.45) is 0 Å². The Labute approximate surface area is 185 Å². The summed E-state index contributed by atoms with van der Waals surface area (Å²) in [4.78, 5) is 0. The lowest BCUT2D eigenvalue weighted by Gasteiger charge is -2.22. The van der Waals surface area contributed by atoms with Crippen molar-refractivity contribution in [1.82, 2.24) is 0 Å². The minimum Gasteiger partial charge on any atom is -0.0619 e. The minimum atomic E-state index is 0.0590. The quantitative estimate of drug-likeness (QED) is 0.321. The van der Waals surface area contributed by atoms with Gasteiger partial charge < -0.3 is 0 Å². The van der Waals surface area contributed by atoms with Crippen LogP contribution in [-0.4, -0.2) is 0 Å². The van der Waals surface area contributed by atoms with E-state index in [-0.39, 0.29) is 10.8 Å². The van der Waals surface area contributed by atoms with Gasteiger partial charge in [0.15, 0.2) is 0 Å². The van der Waals surface area contributed by atoms with Crippen LogP contribution in [0, 0.1) is 0 Å². The van der Waals surface area contributed by atoms with Gasteiger partial charge in [0.25, 0.3) is 0 Å². The molecule has 0 unspecified atom stereocenters. The van der Waals surface area contributed by atoms with E-state index in [0.717, 1.165) is 6.42 Å². The summed E-state index contributed by atoms with van der Waals surface area (Å²) in [5.74, 6) is 0. The predicted molar refractivity (Wildman–Crippen MR) is 131 cm³/mol. The van der Waals surface area contributed by atoms with Crippen LogP contribution >= 0.6 is 0 Å². The predicted octanol–water partition coefficient (Wildman–Crippen LogP) is 7.89. The van der Waals surface area contributed by atoms with Gasteiger partial charge in [-0.25, -0.2) is 0 Å². The van der Waals surface area contributed by atoms with E-state index in [1.807, 2.05) is 0 Å². The monoisotopic (exact) mass is 400 g/mol. The van der Waals surface area contributed by atoms with Gasteiger partial charge in [-0.3, -0.25) is 0 Å². The summed E-state index contributed by atoms with van der Waals surface area (Å²) < 4.78 is 0. The van der Waals surface area contributed by atoms with Crippen LogP contribution in [0.15, 0.2) is 84.9 Å². The maximum Gasteiger partial charge on any atom is 0.0158 e. The molecular formula is C31H28. The number of benzene rings is 4. The molecule has 152 valence electrons. The first-order chi connectivity index (χ1) is 14.9. The van der Waals surface area contributed by atoms with Crippen molar-refractivity contribution in [3.63, 3.8) is 0 Å². The molecule has 0 amide bonds. The molecule has 2 aliphatic carbocycles. The molecule has 0 saturated carbocycles. The van der Waals surface area contributed by atoms with Crippen molar-refractivity contribution in [3.05, 3.63) is 118 Å². The van der Waals surface area contributed by atoms with Gasteiger partial charge in [-0.05, 0) is 62.1 Å². The average Bonchev–Trinajstić information content (AvgIpc) is 3.14. The van der Waals surface area contributed by atoms with Crippen molar-refractivity contribution >= 4 is 0 Å². The molecule has 0 bridgehead atoms. The van der Waals surface area contributed by atoms with Gasteiger partial charge >= 0.3 is 0 Å². The topological polar surface area (TPSA) is 0 Å². The van der Waals surface area contributed by atoms with Gasteiger partial charge in [-0.15, -0.1) is 0 Å². The fraction of sp³-hybridized carbons (Fsp3) is 0.226. The van der Waals surface area contributed by atoms with E-state index in [1.54, 1.807) is 0 Å². The van der Waals surface area contributed by atoms with E-state index < -0.39 is 0 Å². The summed E-state index contributed by atoms with van der Waals surface area (Å²) in [5, 5.41) is 0. The summed E-state index contributed by atoms with van der Waals surface area (Å²) in [7, 11) is 0. The van der Waals surface area contributed by atoms with Gasteiger partial charge in [0.1, 0.15) is 0 Å². The standard InChI is InChI=1S/C31H28/c1-30(2)26-11-7-5-9-22(26)24-15-13-20(18-28(24)30)17-21-14-16-25-23-10-6-8-12-27(23)31(3,4)29(25)19-21/h5-16,18-19H,17H2,1-4H3. The summed E-state index contributed by atoms with van der Waals surface area (Å²) in [6.07, 6.45) is 0.972. The van der Waals surface area contributed by atoms with Crippen molar-refractivity contribution in [2.75, 3.05) is 0 Å². The van der Waals surface area contributed by atoms with Gasteiger partial charge in [-0.2, -0.15) is 0 Å². The SMILES string of the molecule is CC1(C)c2ccccc2-c2ccc(Cc3ccc4c(c3)C(C)(C)c3ccccc3-4)cc21.